The fourth-order valence-electron chi connectivity index (χ4n) is 7.84. The zero-order valence-corrected chi connectivity index (χ0v) is 33.5. The number of nitrogens with two attached hydrogens (primary N) is 1. The van der Waals surface area contributed by atoms with Crippen LogP contribution in [-0.2, 0) is 48.4 Å². The molecule has 1 aromatic rings. The molecule has 3 aliphatic rings. The zero-order chi connectivity index (χ0) is 40.5. The minimum Gasteiger partial charge on any atom is -0.382 e. The monoisotopic (exact) mass is 784 g/mol. The number of hydrogen-bond acceptors (Lipinski definition) is 10. The predicted molar refractivity (Wildman–Crippen MR) is 209 cm³/mol. The summed E-state index contributed by atoms with van der Waals surface area (Å²) < 4.78 is 16.6. The third-order valence-electron chi connectivity index (χ3n) is 11.3. The zero-order valence-electron chi connectivity index (χ0n) is 33.5. The Morgan fingerprint density at radius 1 is 0.929 bits per heavy atom. The van der Waals surface area contributed by atoms with Gasteiger partial charge in [0.15, 0.2) is 0 Å². The van der Waals surface area contributed by atoms with Crippen LogP contribution in [0.15, 0.2) is 30.3 Å². The Morgan fingerprint density at radius 3 is 2.30 bits per heavy atom. The fourth-order valence-corrected chi connectivity index (χ4v) is 7.84. The molecule has 5 amide bonds. The number of likely N-dealkylation sites (tertiary alicyclic amines) is 1. The van der Waals surface area contributed by atoms with Gasteiger partial charge in [0.05, 0.1) is 37.9 Å². The molecule has 4 unspecified atom stereocenters. The SMILES string of the molecule is CCCCC(NC(=O)CNC(=O)C(=O)C(CCC)NC(=O)C1C[C@@H](OCOCCOC)CN1C(=O)C(NCC1(c2ccccc2)CC1)C1CCCCC1)C(N)=O. The molecular weight excluding hydrogens is 720 g/mol. The number of ketones is 1. The van der Waals surface area contributed by atoms with E-state index in [4.69, 9.17) is 19.9 Å². The summed E-state index contributed by atoms with van der Waals surface area (Å²) >= 11 is 0. The summed E-state index contributed by atoms with van der Waals surface area (Å²) in [5.74, 6) is -3.97. The number of hydrogen-bond donors (Lipinski definition) is 5. The van der Waals surface area contributed by atoms with Crippen molar-refractivity contribution in [2.45, 2.75) is 133 Å². The van der Waals surface area contributed by atoms with Gasteiger partial charge in [-0.25, -0.2) is 0 Å². The van der Waals surface area contributed by atoms with Crippen molar-refractivity contribution < 1.29 is 43.0 Å². The summed E-state index contributed by atoms with van der Waals surface area (Å²) in [6.45, 7) is 4.68. The summed E-state index contributed by atoms with van der Waals surface area (Å²) in [6, 6.07) is 6.81. The van der Waals surface area contributed by atoms with Crippen molar-refractivity contribution in [2.24, 2.45) is 11.7 Å². The van der Waals surface area contributed by atoms with Gasteiger partial charge in [0.1, 0.15) is 18.9 Å². The number of amides is 5. The van der Waals surface area contributed by atoms with E-state index in [1.54, 1.807) is 12.0 Å². The van der Waals surface area contributed by atoms with E-state index >= 15 is 0 Å². The third-order valence-corrected chi connectivity index (χ3v) is 11.3. The molecule has 6 N–H and O–H groups in total. The standard InChI is InChI=1S/C41H64N6O9/c1-4-6-18-32(37(42)50)45-34(48)24-43-39(52)36(49)31(13-5-2)46-38(51)33-23-30(56-27-55-22-21-54-3)25-47(33)40(53)35(28-14-9-7-10-15-28)44-26-41(19-20-41)29-16-11-8-12-17-29/h8,11-12,16-17,28,30-33,35,44H,4-7,9-10,13-15,18-27H2,1-3H3,(H2,42,50)(H,43,52)(H,45,48)(H,46,51)/t30-,31?,32?,33?,35?/m1/s1. The molecule has 312 valence electrons. The van der Waals surface area contributed by atoms with E-state index in [1.807, 2.05) is 32.0 Å². The van der Waals surface area contributed by atoms with E-state index in [-0.39, 0.29) is 43.4 Å². The van der Waals surface area contributed by atoms with Crippen LogP contribution in [0.1, 0.15) is 103 Å². The third kappa shape index (κ3) is 13.1. The van der Waals surface area contributed by atoms with Gasteiger partial charge in [0, 0.05) is 32.0 Å². The van der Waals surface area contributed by atoms with Crippen molar-refractivity contribution in [1.29, 1.82) is 0 Å². The number of ether oxygens (including phenoxy) is 3. The molecule has 2 saturated carbocycles. The summed E-state index contributed by atoms with van der Waals surface area (Å²) in [5.41, 5.74) is 6.63. The largest absolute Gasteiger partial charge is 0.382 e. The van der Waals surface area contributed by atoms with E-state index in [0.717, 1.165) is 51.4 Å². The van der Waals surface area contributed by atoms with Crippen LogP contribution in [-0.4, -0.2) is 117 Å². The first-order chi connectivity index (χ1) is 27.0. The van der Waals surface area contributed by atoms with E-state index in [9.17, 15) is 28.8 Å². The molecule has 0 radical (unpaired) electrons. The number of nitrogens with one attached hydrogen (secondary N) is 4. The molecular formula is C41H64N6O9. The number of Topliss-reactive ketones (excluding diaryl/α,β-unsaturated/α-hetero) is 1. The van der Waals surface area contributed by atoms with Crippen molar-refractivity contribution in [3.05, 3.63) is 35.9 Å². The van der Waals surface area contributed by atoms with E-state index in [1.165, 1.54) is 5.56 Å². The predicted octanol–water partition coefficient (Wildman–Crippen LogP) is 1.99. The Balaban J connectivity index is 1.47. The van der Waals surface area contributed by atoms with Crippen LogP contribution >= 0.6 is 0 Å². The van der Waals surface area contributed by atoms with Gasteiger partial charge in [0.25, 0.3) is 5.91 Å². The molecule has 5 atom stereocenters. The van der Waals surface area contributed by atoms with Crippen molar-refractivity contribution in [3.63, 3.8) is 0 Å². The molecule has 1 saturated heterocycles. The first kappa shape index (κ1) is 44.8. The van der Waals surface area contributed by atoms with Gasteiger partial charge < -0.3 is 46.1 Å². The number of benzene rings is 1. The molecule has 1 aromatic carbocycles. The highest BCUT2D eigenvalue weighted by molar-refractivity contribution is 6.38. The Labute approximate surface area is 331 Å². The molecule has 0 aromatic heterocycles. The van der Waals surface area contributed by atoms with Gasteiger partial charge in [-0.15, -0.1) is 0 Å². The molecule has 1 aliphatic heterocycles. The van der Waals surface area contributed by atoms with Crippen LogP contribution in [0.2, 0.25) is 0 Å². The highest BCUT2D eigenvalue weighted by atomic mass is 16.7. The smallest absolute Gasteiger partial charge is 0.290 e. The highest BCUT2D eigenvalue weighted by Crippen LogP contribution is 2.48. The quantitative estimate of drug-likeness (QED) is 0.0554. The lowest BCUT2D eigenvalue weighted by Gasteiger charge is -2.36. The molecule has 0 bridgehead atoms. The Kier molecular flexibility index (Phi) is 18.2. The molecule has 4 rings (SSSR count). The van der Waals surface area contributed by atoms with E-state index in [0.29, 0.717) is 39.0 Å². The Hall–Kier alpha value is -3.92. The fraction of sp³-hybridized carbons (Fsp3) is 0.707. The minimum atomic E-state index is -1.19. The van der Waals surface area contributed by atoms with Gasteiger partial charge in [-0.3, -0.25) is 28.8 Å². The first-order valence-corrected chi connectivity index (χ1v) is 20.5. The number of nitrogens with zero attached hydrogens (tertiary/aromatic N) is 1. The maximum Gasteiger partial charge on any atom is 0.290 e. The maximum absolute atomic E-state index is 14.8. The number of methoxy groups -OCH3 is 1. The summed E-state index contributed by atoms with van der Waals surface area (Å²) in [5, 5.41) is 11.3. The molecule has 56 heavy (non-hydrogen) atoms. The van der Waals surface area contributed by atoms with E-state index < -0.39 is 66.2 Å². The Bertz CT molecular complexity index is 1450. The van der Waals surface area contributed by atoms with Crippen LogP contribution in [0.3, 0.4) is 0 Å². The molecule has 1 heterocycles. The van der Waals surface area contributed by atoms with Gasteiger partial charge in [0.2, 0.25) is 29.4 Å². The lowest BCUT2D eigenvalue weighted by molar-refractivity contribution is -0.144. The molecule has 0 spiro atoms. The van der Waals surface area contributed by atoms with Crippen LogP contribution in [0.25, 0.3) is 0 Å². The van der Waals surface area contributed by atoms with Gasteiger partial charge in [-0.1, -0.05) is 82.7 Å². The second-order valence-corrected chi connectivity index (χ2v) is 15.5. The molecule has 3 fully saturated rings. The molecule has 15 heteroatoms. The average molecular weight is 785 g/mol. The number of carbonyl (C=O) groups excluding carboxylic acids is 6. The van der Waals surface area contributed by atoms with Gasteiger partial charge in [-0.05, 0) is 50.0 Å². The van der Waals surface area contributed by atoms with Crippen LogP contribution in [0.5, 0.6) is 0 Å². The van der Waals surface area contributed by atoms with Gasteiger partial charge >= 0.3 is 0 Å². The molecule has 15 nitrogen and oxygen atoms in total. The second kappa shape index (κ2) is 22.7. The minimum absolute atomic E-state index is 0.0327. The number of rotatable bonds is 25. The molecule has 2 aliphatic carbocycles. The Morgan fingerprint density at radius 2 is 1.66 bits per heavy atom. The topological polar surface area (TPSA) is 207 Å². The normalized spacial score (nSPS) is 20.7. The number of unbranched alkanes of at least 4 members (excludes halogenated alkanes) is 1. The number of carbonyl (C=O) groups is 6. The van der Waals surface area contributed by atoms with Crippen molar-refractivity contribution in [2.75, 3.05) is 46.8 Å². The van der Waals surface area contributed by atoms with Crippen LogP contribution in [0, 0.1) is 5.92 Å². The summed E-state index contributed by atoms with van der Waals surface area (Å²) in [7, 11) is 1.57. The average Bonchev–Trinajstić information content (AvgIpc) is 3.88. The van der Waals surface area contributed by atoms with Gasteiger partial charge in [-0.2, -0.15) is 0 Å². The summed E-state index contributed by atoms with van der Waals surface area (Å²) in [6.07, 6.45) is 9.17. The van der Waals surface area contributed by atoms with Crippen molar-refractivity contribution in [3.8, 4) is 0 Å². The van der Waals surface area contributed by atoms with Crippen molar-refractivity contribution in [1.82, 2.24) is 26.2 Å². The van der Waals surface area contributed by atoms with Crippen LogP contribution in [0.4, 0.5) is 0 Å². The van der Waals surface area contributed by atoms with E-state index in [2.05, 4.69) is 33.4 Å². The number of primary amides is 1. The lowest BCUT2D eigenvalue weighted by Crippen LogP contribution is -2.58. The first-order valence-electron chi connectivity index (χ1n) is 20.5. The summed E-state index contributed by atoms with van der Waals surface area (Å²) in [4.78, 5) is 81.2. The van der Waals surface area contributed by atoms with Crippen molar-refractivity contribution >= 4 is 35.3 Å². The van der Waals surface area contributed by atoms with Crippen LogP contribution < -0.4 is 27.0 Å². The lowest BCUT2D eigenvalue weighted by atomic mass is 9.82. The maximum atomic E-state index is 14.8. The highest BCUT2D eigenvalue weighted by Gasteiger charge is 2.48. The second-order valence-electron chi connectivity index (χ2n) is 15.5.